The number of aryl methyl sites for hydroxylation is 2. The first kappa shape index (κ1) is 23.8. The number of hydrogen-bond acceptors (Lipinski definition) is 4. The average molecular weight is 501 g/mol. The Hall–Kier alpha value is -1.19. The third-order valence-corrected chi connectivity index (χ3v) is 5.25. The Morgan fingerprint density at radius 1 is 1.22 bits per heavy atom. The summed E-state index contributed by atoms with van der Waals surface area (Å²) in [5, 5.41) is 10.1. The van der Waals surface area contributed by atoms with Crippen LogP contribution in [0.25, 0.3) is 0 Å². The Kier molecular flexibility index (Phi) is 10.9. The molecule has 1 aromatic heterocycles. The van der Waals surface area contributed by atoms with Crippen molar-refractivity contribution < 1.29 is 0 Å². The molecule has 0 fully saturated rings. The maximum atomic E-state index is 4.50. The van der Waals surface area contributed by atoms with Gasteiger partial charge in [-0.1, -0.05) is 31.2 Å². The highest BCUT2D eigenvalue weighted by atomic mass is 127. The smallest absolute Gasteiger partial charge is 0.191 e. The second kappa shape index (κ2) is 12.3. The lowest BCUT2D eigenvalue weighted by molar-refractivity contribution is 0.298. The van der Waals surface area contributed by atoms with Crippen molar-refractivity contribution in [3.8, 4) is 0 Å². The number of aromatic nitrogens is 1. The van der Waals surface area contributed by atoms with Gasteiger partial charge in [0.05, 0.1) is 16.7 Å². The van der Waals surface area contributed by atoms with Crippen molar-refractivity contribution in [2.75, 3.05) is 34.2 Å². The van der Waals surface area contributed by atoms with Crippen molar-refractivity contribution in [1.82, 2.24) is 20.5 Å². The molecule has 0 aliphatic heterocycles. The van der Waals surface area contributed by atoms with Crippen molar-refractivity contribution in [3.63, 3.8) is 0 Å². The van der Waals surface area contributed by atoms with Crippen LogP contribution >= 0.6 is 35.3 Å². The summed E-state index contributed by atoms with van der Waals surface area (Å²) in [4.78, 5) is 11.1. The molecule has 1 aromatic carbocycles. The van der Waals surface area contributed by atoms with Crippen LogP contribution in [-0.2, 0) is 12.8 Å². The van der Waals surface area contributed by atoms with Gasteiger partial charge in [-0.15, -0.1) is 35.3 Å². The molecule has 1 heterocycles. The number of halogens is 1. The molecule has 2 N–H and O–H groups in total. The number of rotatable bonds is 8. The Labute approximate surface area is 184 Å². The van der Waals surface area contributed by atoms with E-state index in [0.29, 0.717) is 6.04 Å². The van der Waals surface area contributed by atoms with Crippen LogP contribution in [0.15, 0.2) is 34.6 Å². The topological polar surface area (TPSA) is 52.6 Å². The summed E-state index contributed by atoms with van der Waals surface area (Å²) in [6.07, 6.45) is 1.97. The van der Waals surface area contributed by atoms with E-state index in [4.69, 9.17) is 0 Å². The molecular weight excluding hydrogens is 469 g/mol. The van der Waals surface area contributed by atoms with Crippen LogP contribution in [0.5, 0.6) is 0 Å². The van der Waals surface area contributed by atoms with Gasteiger partial charge in [0.25, 0.3) is 0 Å². The van der Waals surface area contributed by atoms with Gasteiger partial charge >= 0.3 is 0 Å². The second-order valence-corrected chi connectivity index (χ2v) is 7.62. The molecule has 150 valence electrons. The molecule has 0 aliphatic rings. The third-order valence-electron chi connectivity index (χ3n) is 4.42. The van der Waals surface area contributed by atoms with Gasteiger partial charge in [0.15, 0.2) is 5.96 Å². The van der Waals surface area contributed by atoms with Crippen molar-refractivity contribution in [2.24, 2.45) is 4.99 Å². The molecule has 0 aliphatic carbocycles. The van der Waals surface area contributed by atoms with E-state index in [1.54, 1.807) is 11.3 Å². The van der Waals surface area contributed by atoms with Gasteiger partial charge in [-0.3, -0.25) is 4.99 Å². The predicted octanol–water partition coefficient (Wildman–Crippen LogP) is 3.64. The highest BCUT2D eigenvalue weighted by Crippen LogP contribution is 2.18. The zero-order chi connectivity index (χ0) is 18.9. The van der Waals surface area contributed by atoms with Crippen LogP contribution < -0.4 is 10.6 Å². The summed E-state index contributed by atoms with van der Waals surface area (Å²) in [5.74, 6) is 0.828. The SMILES string of the molecule is CCc1ccc(C(CNC(=NC)NCCc2csc(C)n2)N(C)C)cc1.I. The van der Waals surface area contributed by atoms with E-state index < -0.39 is 0 Å². The Bertz CT molecular complexity index is 697. The first-order valence-corrected chi connectivity index (χ1v) is 10.0. The lowest BCUT2D eigenvalue weighted by Crippen LogP contribution is -2.42. The van der Waals surface area contributed by atoms with Crippen LogP contribution in [0, 0.1) is 6.92 Å². The summed E-state index contributed by atoms with van der Waals surface area (Å²) in [5.41, 5.74) is 3.82. The van der Waals surface area contributed by atoms with E-state index in [1.807, 2.05) is 14.0 Å². The molecule has 0 bridgehead atoms. The normalized spacial score (nSPS) is 12.6. The fourth-order valence-electron chi connectivity index (χ4n) is 2.82. The average Bonchev–Trinajstić information content (AvgIpc) is 3.05. The maximum absolute atomic E-state index is 4.50. The highest BCUT2D eigenvalue weighted by molar-refractivity contribution is 14.0. The predicted molar refractivity (Wildman–Crippen MR) is 128 cm³/mol. The van der Waals surface area contributed by atoms with Gasteiger partial charge in [-0.2, -0.15) is 0 Å². The quantitative estimate of drug-likeness (QED) is 0.330. The second-order valence-electron chi connectivity index (χ2n) is 6.56. The minimum absolute atomic E-state index is 0. The summed E-state index contributed by atoms with van der Waals surface area (Å²) in [6.45, 7) is 5.84. The Morgan fingerprint density at radius 2 is 1.93 bits per heavy atom. The molecular formula is C20H32IN5S. The van der Waals surface area contributed by atoms with E-state index in [1.165, 1.54) is 11.1 Å². The highest BCUT2D eigenvalue weighted by Gasteiger charge is 2.14. The van der Waals surface area contributed by atoms with E-state index in [-0.39, 0.29) is 24.0 Å². The number of hydrogen-bond donors (Lipinski definition) is 2. The lowest BCUT2D eigenvalue weighted by atomic mass is 10.0. The van der Waals surface area contributed by atoms with Crippen LogP contribution in [0.2, 0.25) is 0 Å². The van der Waals surface area contributed by atoms with Gasteiger partial charge in [0, 0.05) is 31.9 Å². The van der Waals surface area contributed by atoms with Gasteiger partial charge in [0.2, 0.25) is 0 Å². The van der Waals surface area contributed by atoms with Crippen LogP contribution in [0.3, 0.4) is 0 Å². The number of aliphatic imine (C=N–C) groups is 1. The number of benzene rings is 1. The molecule has 1 atom stereocenters. The van der Waals surface area contributed by atoms with Gasteiger partial charge in [0.1, 0.15) is 0 Å². The minimum atomic E-state index is 0. The summed E-state index contributed by atoms with van der Waals surface area (Å²) >= 11 is 1.70. The number of nitrogens with one attached hydrogen (secondary N) is 2. The van der Waals surface area contributed by atoms with Crippen LogP contribution in [0.1, 0.15) is 34.8 Å². The first-order chi connectivity index (χ1) is 12.5. The van der Waals surface area contributed by atoms with Crippen molar-refractivity contribution in [1.29, 1.82) is 0 Å². The van der Waals surface area contributed by atoms with E-state index in [9.17, 15) is 0 Å². The first-order valence-electron chi connectivity index (χ1n) is 9.14. The van der Waals surface area contributed by atoms with Crippen LogP contribution in [-0.4, -0.2) is 50.1 Å². The molecule has 5 nitrogen and oxygen atoms in total. The van der Waals surface area contributed by atoms with Gasteiger partial charge < -0.3 is 15.5 Å². The number of guanidine groups is 1. The van der Waals surface area contributed by atoms with Gasteiger partial charge in [-0.05, 0) is 38.6 Å². The Morgan fingerprint density at radius 3 is 2.44 bits per heavy atom. The molecule has 0 spiro atoms. The molecule has 2 rings (SSSR count). The van der Waals surface area contributed by atoms with E-state index in [0.717, 1.165) is 42.6 Å². The Balaban J connectivity index is 0.00000364. The zero-order valence-corrected chi connectivity index (χ0v) is 20.1. The van der Waals surface area contributed by atoms with Crippen LogP contribution in [0.4, 0.5) is 0 Å². The molecule has 0 saturated heterocycles. The fraction of sp³-hybridized carbons (Fsp3) is 0.500. The number of nitrogens with zero attached hydrogens (tertiary/aromatic N) is 3. The van der Waals surface area contributed by atoms with Crippen molar-refractivity contribution in [3.05, 3.63) is 51.5 Å². The van der Waals surface area contributed by atoms with Crippen molar-refractivity contribution >= 4 is 41.3 Å². The summed E-state index contributed by atoms with van der Waals surface area (Å²) < 4.78 is 0. The summed E-state index contributed by atoms with van der Waals surface area (Å²) in [7, 11) is 6.03. The third kappa shape index (κ3) is 7.75. The van der Waals surface area contributed by atoms with E-state index >= 15 is 0 Å². The van der Waals surface area contributed by atoms with E-state index in [2.05, 4.69) is 76.2 Å². The minimum Gasteiger partial charge on any atom is -0.356 e. The monoisotopic (exact) mass is 501 g/mol. The molecule has 7 heteroatoms. The molecule has 1 unspecified atom stereocenters. The fourth-order valence-corrected chi connectivity index (χ4v) is 3.47. The molecule has 0 radical (unpaired) electrons. The number of thiazole rings is 1. The summed E-state index contributed by atoms with van der Waals surface area (Å²) in [6, 6.07) is 9.18. The lowest BCUT2D eigenvalue weighted by Gasteiger charge is -2.26. The molecule has 2 aromatic rings. The molecule has 27 heavy (non-hydrogen) atoms. The molecule has 0 amide bonds. The van der Waals surface area contributed by atoms with Crippen molar-refractivity contribution in [2.45, 2.75) is 32.7 Å². The maximum Gasteiger partial charge on any atom is 0.191 e. The van der Waals surface area contributed by atoms with Gasteiger partial charge in [-0.25, -0.2) is 4.98 Å². The number of likely N-dealkylation sites (N-methyl/N-ethyl adjacent to an activating group) is 1. The molecule has 0 saturated carbocycles. The standard InChI is InChI=1S/C20H31N5S.HI/c1-6-16-7-9-17(10-8-16)19(25(4)5)13-23-20(21-3)22-12-11-18-14-26-15(2)24-18;/h7-10,14,19H,6,11-13H2,1-5H3,(H2,21,22,23);1H. The largest absolute Gasteiger partial charge is 0.356 e. The zero-order valence-electron chi connectivity index (χ0n) is 17.0.